The van der Waals surface area contributed by atoms with Gasteiger partial charge in [0.25, 0.3) is 0 Å². The highest BCUT2D eigenvalue weighted by Gasteiger charge is 2.06. The van der Waals surface area contributed by atoms with E-state index in [1.54, 1.807) is 7.11 Å². The highest BCUT2D eigenvalue weighted by atomic mass is 16.5. The second-order valence-corrected chi connectivity index (χ2v) is 3.00. The monoisotopic (exact) mass is 193 g/mol. The Morgan fingerprint density at radius 1 is 1.57 bits per heavy atom. The average Bonchev–Trinajstić information content (AvgIpc) is 2.27. The molecule has 0 amide bonds. The first kappa shape index (κ1) is 10.8. The third kappa shape index (κ3) is 2.13. The van der Waals surface area contributed by atoms with Gasteiger partial charge in [-0.2, -0.15) is 0 Å². The largest absolute Gasteiger partial charge is 0.496 e. The van der Waals surface area contributed by atoms with E-state index in [1.807, 2.05) is 18.2 Å². The van der Waals surface area contributed by atoms with Gasteiger partial charge < -0.3 is 15.6 Å². The molecule has 0 bridgehead atoms. The number of rotatable bonds is 4. The summed E-state index contributed by atoms with van der Waals surface area (Å²) in [6.45, 7) is 4.15. The van der Waals surface area contributed by atoms with Crippen LogP contribution in [0.4, 0.5) is 0 Å². The second-order valence-electron chi connectivity index (χ2n) is 3.00. The Balaban J connectivity index is 3.14. The molecule has 0 aliphatic rings. The van der Waals surface area contributed by atoms with Gasteiger partial charge in [0.1, 0.15) is 5.75 Å². The fourth-order valence-corrected chi connectivity index (χ4v) is 1.24. The normalized spacial score (nSPS) is 9.93. The van der Waals surface area contributed by atoms with Gasteiger partial charge in [-0.1, -0.05) is 12.6 Å². The van der Waals surface area contributed by atoms with E-state index in [2.05, 4.69) is 6.58 Å². The van der Waals surface area contributed by atoms with Gasteiger partial charge in [0.15, 0.2) is 0 Å². The van der Waals surface area contributed by atoms with Gasteiger partial charge in [-0.05, 0) is 23.3 Å². The van der Waals surface area contributed by atoms with E-state index < -0.39 is 0 Å². The number of benzene rings is 1. The first-order chi connectivity index (χ1) is 6.72. The van der Waals surface area contributed by atoms with Crippen molar-refractivity contribution in [2.45, 2.75) is 6.54 Å². The topological polar surface area (TPSA) is 55.5 Å². The molecule has 0 aliphatic heterocycles. The number of hydrogen-bond acceptors (Lipinski definition) is 3. The SMILES string of the molecule is C=C(CO)c1cc(CN)ccc1OC. The Bertz CT molecular complexity index is 334. The first-order valence-electron chi connectivity index (χ1n) is 4.39. The van der Waals surface area contributed by atoms with Crippen LogP contribution in [0.1, 0.15) is 11.1 Å². The van der Waals surface area contributed by atoms with Crippen molar-refractivity contribution < 1.29 is 9.84 Å². The van der Waals surface area contributed by atoms with Gasteiger partial charge in [0, 0.05) is 12.1 Å². The molecule has 76 valence electrons. The van der Waals surface area contributed by atoms with Gasteiger partial charge >= 0.3 is 0 Å². The maximum Gasteiger partial charge on any atom is 0.126 e. The molecule has 3 N–H and O–H groups in total. The van der Waals surface area contributed by atoms with E-state index in [9.17, 15) is 0 Å². The molecule has 1 aromatic carbocycles. The van der Waals surface area contributed by atoms with Crippen LogP contribution in [-0.2, 0) is 6.54 Å². The molecular formula is C11H15NO2. The summed E-state index contributed by atoms with van der Waals surface area (Å²) in [6, 6.07) is 5.61. The minimum Gasteiger partial charge on any atom is -0.496 e. The average molecular weight is 193 g/mol. The Morgan fingerprint density at radius 2 is 2.29 bits per heavy atom. The van der Waals surface area contributed by atoms with Crippen LogP contribution in [0.15, 0.2) is 24.8 Å². The van der Waals surface area contributed by atoms with Crippen molar-refractivity contribution >= 4 is 5.57 Å². The summed E-state index contributed by atoms with van der Waals surface area (Å²) in [5, 5.41) is 8.99. The Morgan fingerprint density at radius 3 is 2.79 bits per heavy atom. The summed E-state index contributed by atoms with van der Waals surface area (Å²) < 4.78 is 5.16. The molecule has 0 unspecified atom stereocenters. The van der Waals surface area contributed by atoms with Crippen LogP contribution in [-0.4, -0.2) is 18.8 Å². The highest BCUT2D eigenvalue weighted by Crippen LogP contribution is 2.25. The van der Waals surface area contributed by atoms with Crippen molar-refractivity contribution in [1.82, 2.24) is 0 Å². The number of nitrogens with two attached hydrogens (primary N) is 1. The Labute approximate surface area is 83.8 Å². The van der Waals surface area contributed by atoms with Crippen LogP contribution in [0.2, 0.25) is 0 Å². The van der Waals surface area contributed by atoms with Gasteiger partial charge in [0.2, 0.25) is 0 Å². The lowest BCUT2D eigenvalue weighted by Crippen LogP contribution is -2.00. The van der Waals surface area contributed by atoms with Crippen LogP contribution < -0.4 is 10.5 Å². The Kier molecular flexibility index (Phi) is 3.68. The predicted molar refractivity (Wildman–Crippen MR) is 57.0 cm³/mol. The smallest absolute Gasteiger partial charge is 0.126 e. The number of aliphatic hydroxyl groups is 1. The quantitative estimate of drug-likeness (QED) is 0.754. The van der Waals surface area contributed by atoms with Gasteiger partial charge in [-0.25, -0.2) is 0 Å². The summed E-state index contributed by atoms with van der Waals surface area (Å²) in [6.07, 6.45) is 0. The van der Waals surface area contributed by atoms with E-state index in [-0.39, 0.29) is 6.61 Å². The van der Waals surface area contributed by atoms with Crippen molar-refractivity contribution in [3.8, 4) is 5.75 Å². The molecule has 1 rings (SSSR count). The molecule has 0 heterocycles. The lowest BCUT2D eigenvalue weighted by molar-refractivity contribution is 0.349. The van der Waals surface area contributed by atoms with Crippen molar-refractivity contribution in [3.63, 3.8) is 0 Å². The summed E-state index contributed by atoms with van der Waals surface area (Å²) in [7, 11) is 1.59. The van der Waals surface area contributed by atoms with Crippen molar-refractivity contribution in [2.75, 3.05) is 13.7 Å². The number of aliphatic hydroxyl groups excluding tert-OH is 1. The summed E-state index contributed by atoms with van der Waals surface area (Å²) in [4.78, 5) is 0. The second kappa shape index (κ2) is 4.79. The summed E-state index contributed by atoms with van der Waals surface area (Å²) >= 11 is 0. The zero-order valence-corrected chi connectivity index (χ0v) is 8.29. The maximum absolute atomic E-state index is 8.99. The molecular weight excluding hydrogens is 178 g/mol. The van der Waals surface area contributed by atoms with E-state index in [4.69, 9.17) is 15.6 Å². The third-order valence-corrected chi connectivity index (χ3v) is 2.07. The Hall–Kier alpha value is -1.32. The molecule has 0 saturated heterocycles. The van der Waals surface area contributed by atoms with Crippen LogP contribution in [0.3, 0.4) is 0 Å². The molecule has 3 nitrogen and oxygen atoms in total. The van der Waals surface area contributed by atoms with Crippen LogP contribution in [0, 0.1) is 0 Å². The van der Waals surface area contributed by atoms with Crippen LogP contribution >= 0.6 is 0 Å². The molecule has 0 radical (unpaired) electrons. The third-order valence-electron chi connectivity index (χ3n) is 2.07. The molecule has 0 aromatic heterocycles. The van der Waals surface area contributed by atoms with Gasteiger partial charge in [0.05, 0.1) is 13.7 Å². The fraction of sp³-hybridized carbons (Fsp3) is 0.273. The van der Waals surface area contributed by atoms with E-state index in [0.717, 1.165) is 11.1 Å². The molecule has 3 heteroatoms. The van der Waals surface area contributed by atoms with E-state index >= 15 is 0 Å². The lowest BCUT2D eigenvalue weighted by atomic mass is 10.0. The molecule has 14 heavy (non-hydrogen) atoms. The van der Waals surface area contributed by atoms with Gasteiger partial charge in [-0.3, -0.25) is 0 Å². The molecule has 0 spiro atoms. The zero-order valence-electron chi connectivity index (χ0n) is 8.29. The maximum atomic E-state index is 8.99. The van der Waals surface area contributed by atoms with Crippen LogP contribution in [0.25, 0.3) is 5.57 Å². The predicted octanol–water partition coefficient (Wildman–Crippen LogP) is 1.16. The van der Waals surface area contributed by atoms with Crippen molar-refractivity contribution in [3.05, 3.63) is 35.9 Å². The molecule has 1 aromatic rings. The standard InChI is InChI=1S/C11H15NO2/c1-8(7-13)10-5-9(6-12)3-4-11(10)14-2/h3-5,13H,1,6-7,12H2,2H3. The molecule has 0 aliphatic carbocycles. The van der Waals surface area contributed by atoms with Crippen molar-refractivity contribution in [1.29, 1.82) is 0 Å². The van der Waals surface area contributed by atoms with E-state index in [1.165, 1.54) is 0 Å². The fourth-order valence-electron chi connectivity index (χ4n) is 1.24. The number of ether oxygens (including phenoxy) is 1. The minimum absolute atomic E-state index is 0.0790. The summed E-state index contributed by atoms with van der Waals surface area (Å²) in [5.74, 6) is 0.709. The van der Waals surface area contributed by atoms with Gasteiger partial charge in [-0.15, -0.1) is 0 Å². The molecule has 0 fully saturated rings. The molecule has 0 atom stereocenters. The summed E-state index contributed by atoms with van der Waals surface area (Å²) in [5.41, 5.74) is 7.97. The van der Waals surface area contributed by atoms with Crippen LogP contribution in [0.5, 0.6) is 5.75 Å². The lowest BCUT2D eigenvalue weighted by Gasteiger charge is -2.10. The van der Waals surface area contributed by atoms with Crippen molar-refractivity contribution in [2.24, 2.45) is 5.73 Å². The zero-order chi connectivity index (χ0) is 10.6. The molecule has 0 saturated carbocycles. The first-order valence-corrected chi connectivity index (χ1v) is 4.39. The number of hydrogen-bond donors (Lipinski definition) is 2. The number of methoxy groups -OCH3 is 1. The van der Waals surface area contributed by atoms with E-state index in [0.29, 0.717) is 17.9 Å². The minimum atomic E-state index is -0.0790. The highest BCUT2D eigenvalue weighted by molar-refractivity contribution is 5.69.